The van der Waals surface area contributed by atoms with Crippen LogP contribution >= 0.6 is 0 Å². The van der Waals surface area contributed by atoms with Gasteiger partial charge in [-0.1, -0.05) is 12.1 Å². The zero-order valence-electron chi connectivity index (χ0n) is 15.8. The molecule has 0 saturated carbocycles. The third-order valence-corrected chi connectivity index (χ3v) is 5.53. The van der Waals surface area contributed by atoms with Crippen LogP contribution in [0.4, 0.5) is 4.39 Å². The minimum atomic E-state index is -0.299. The first-order valence-corrected chi connectivity index (χ1v) is 9.52. The van der Waals surface area contributed by atoms with Crippen molar-refractivity contribution in [2.75, 3.05) is 26.3 Å². The second-order valence-electron chi connectivity index (χ2n) is 7.34. The number of piperidine rings is 1. The minimum Gasteiger partial charge on any atom is -0.350 e. The second kappa shape index (κ2) is 7.44. The Morgan fingerprint density at radius 2 is 1.93 bits per heavy atom. The Labute approximate surface area is 158 Å². The SMILES string of the molecule is Cc1cc(C(=O)N2CCCC(C3OCCO3)C2)c(C)n1-c1ccccc1F. The highest BCUT2D eigenvalue weighted by atomic mass is 19.1. The summed E-state index contributed by atoms with van der Waals surface area (Å²) in [5, 5.41) is 0. The fraction of sp³-hybridized carbons (Fsp3) is 0.476. The fourth-order valence-electron chi connectivity index (χ4n) is 4.22. The van der Waals surface area contributed by atoms with E-state index in [4.69, 9.17) is 9.47 Å². The van der Waals surface area contributed by atoms with Crippen molar-refractivity contribution in [3.8, 4) is 5.69 Å². The summed E-state index contributed by atoms with van der Waals surface area (Å²) < 4.78 is 27.4. The van der Waals surface area contributed by atoms with Crippen LogP contribution in [0, 0.1) is 25.6 Å². The fourth-order valence-corrected chi connectivity index (χ4v) is 4.22. The normalized spacial score (nSPS) is 21.0. The van der Waals surface area contributed by atoms with Crippen LogP contribution in [0.3, 0.4) is 0 Å². The molecule has 4 rings (SSSR count). The van der Waals surface area contributed by atoms with Gasteiger partial charge in [-0.05, 0) is 44.9 Å². The van der Waals surface area contributed by atoms with Crippen LogP contribution in [0.15, 0.2) is 30.3 Å². The smallest absolute Gasteiger partial charge is 0.255 e. The molecule has 2 fully saturated rings. The maximum absolute atomic E-state index is 14.3. The van der Waals surface area contributed by atoms with E-state index in [0.29, 0.717) is 31.0 Å². The molecular formula is C21H25FN2O3. The van der Waals surface area contributed by atoms with Crippen LogP contribution in [0.1, 0.15) is 34.6 Å². The zero-order valence-corrected chi connectivity index (χ0v) is 15.8. The lowest BCUT2D eigenvalue weighted by molar-refractivity contribution is -0.0969. The van der Waals surface area contributed by atoms with E-state index in [9.17, 15) is 9.18 Å². The summed E-state index contributed by atoms with van der Waals surface area (Å²) in [6.07, 6.45) is 1.74. The molecule has 2 aliphatic heterocycles. The topological polar surface area (TPSA) is 43.7 Å². The molecule has 2 aliphatic rings. The van der Waals surface area contributed by atoms with Crippen molar-refractivity contribution in [2.24, 2.45) is 5.92 Å². The Bertz CT molecular complexity index is 842. The zero-order chi connectivity index (χ0) is 19.0. The lowest BCUT2D eigenvalue weighted by Gasteiger charge is -2.34. The summed E-state index contributed by atoms with van der Waals surface area (Å²) in [6.45, 7) is 6.38. The number of aryl methyl sites for hydroxylation is 1. The van der Waals surface area contributed by atoms with Gasteiger partial charge in [0.25, 0.3) is 5.91 Å². The predicted octanol–water partition coefficient (Wildman–Crippen LogP) is 3.46. The van der Waals surface area contributed by atoms with Crippen molar-refractivity contribution in [1.29, 1.82) is 0 Å². The molecule has 6 heteroatoms. The quantitative estimate of drug-likeness (QED) is 0.829. The van der Waals surface area contributed by atoms with Crippen LogP contribution in [0.25, 0.3) is 5.69 Å². The highest BCUT2D eigenvalue weighted by Gasteiger charge is 2.34. The molecule has 1 aromatic carbocycles. The molecular weight excluding hydrogens is 347 g/mol. The largest absolute Gasteiger partial charge is 0.350 e. The number of ether oxygens (including phenoxy) is 2. The molecule has 0 aliphatic carbocycles. The number of hydrogen-bond donors (Lipinski definition) is 0. The molecule has 0 radical (unpaired) electrons. The number of benzene rings is 1. The Morgan fingerprint density at radius 3 is 2.67 bits per heavy atom. The lowest BCUT2D eigenvalue weighted by atomic mass is 9.96. The van der Waals surface area contributed by atoms with Gasteiger partial charge in [-0.15, -0.1) is 0 Å². The van der Waals surface area contributed by atoms with E-state index in [0.717, 1.165) is 30.8 Å². The van der Waals surface area contributed by atoms with Gasteiger partial charge in [-0.25, -0.2) is 4.39 Å². The molecule has 144 valence electrons. The highest BCUT2D eigenvalue weighted by molar-refractivity contribution is 5.96. The van der Waals surface area contributed by atoms with E-state index < -0.39 is 0 Å². The summed E-state index contributed by atoms with van der Waals surface area (Å²) in [6, 6.07) is 8.49. The third-order valence-electron chi connectivity index (χ3n) is 5.53. The number of hydrogen-bond acceptors (Lipinski definition) is 3. The Morgan fingerprint density at radius 1 is 1.19 bits per heavy atom. The van der Waals surface area contributed by atoms with Gasteiger partial charge < -0.3 is 18.9 Å². The van der Waals surface area contributed by atoms with Gasteiger partial charge in [-0.2, -0.15) is 0 Å². The van der Waals surface area contributed by atoms with Gasteiger partial charge in [0.05, 0.1) is 24.5 Å². The standard InChI is InChI=1S/C21H25FN2O3/c1-14-12-17(15(2)24(14)19-8-4-3-7-18(19)22)20(25)23-9-5-6-16(13-23)21-26-10-11-27-21/h3-4,7-8,12,16,21H,5-6,9-11,13H2,1-2H3. The van der Waals surface area contributed by atoms with Crippen molar-refractivity contribution in [3.05, 3.63) is 53.1 Å². The summed E-state index contributed by atoms with van der Waals surface area (Å²) in [7, 11) is 0. The van der Waals surface area contributed by atoms with E-state index in [1.54, 1.807) is 18.2 Å². The van der Waals surface area contributed by atoms with Crippen molar-refractivity contribution in [3.63, 3.8) is 0 Å². The lowest BCUT2D eigenvalue weighted by Crippen LogP contribution is -2.44. The molecule has 1 unspecified atom stereocenters. The average Bonchev–Trinajstić information content (AvgIpc) is 3.31. The summed E-state index contributed by atoms with van der Waals surface area (Å²) in [5.74, 6) is -0.0968. The van der Waals surface area contributed by atoms with Gasteiger partial charge in [0, 0.05) is 30.4 Å². The van der Waals surface area contributed by atoms with Gasteiger partial charge in [0.2, 0.25) is 0 Å². The van der Waals surface area contributed by atoms with Gasteiger partial charge in [-0.3, -0.25) is 4.79 Å². The number of para-hydroxylation sites is 1. The number of nitrogens with zero attached hydrogens (tertiary/aromatic N) is 2. The summed E-state index contributed by atoms with van der Waals surface area (Å²) in [5.41, 5.74) is 2.70. The molecule has 2 saturated heterocycles. The Hall–Kier alpha value is -2.18. The Kier molecular flexibility index (Phi) is 5.02. The average molecular weight is 372 g/mol. The summed E-state index contributed by atoms with van der Waals surface area (Å²) >= 11 is 0. The number of carbonyl (C=O) groups excluding carboxylic acids is 1. The van der Waals surface area contributed by atoms with Gasteiger partial charge in [0.1, 0.15) is 5.82 Å². The number of amides is 1. The number of aromatic nitrogens is 1. The van der Waals surface area contributed by atoms with Crippen molar-refractivity contribution in [2.45, 2.75) is 33.0 Å². The van der Waals surface area contributed by atoms with Crippen molar-refractivity contribution < 1.29 is 18.7 Å². The molecule has 1 atom stereocenters. The van der Waals surface area contributed by atoms with Crippen LogP contribution in [-0.4, -0.2) is 48.0 Å². The third kappa shape index (κ3) is 3.39. The number of rotatable bonds is 3. The van der Waals surface area contributed by atoms with Gasteiger partial charge in [0.15, 0.2) is 6.29 Å². The van der Waals surface area contributed by atoms with Crippen molar-refractivity contribution >= 4 is 5.91 Å². The maximum atomic E-state index is 14.3. The molecule has 2 aromatic rings. The maximum Gasteiger partial charge on any atom is 0.255 e. The van der Waals surface area contributed by atoms with Crippen LogP contribution in [-0.2, 0) is 9.47 Å². The molecule has 5 nitrogen and oxygen atoms in total. The molecule has 0 spiro atoms. The van der Waals surface area contributed by atoms with Crippen LogP contribution < -0.4 is 0 Å². The predicted molar refractivity (Wildman–Crippen MR) is 99.5 cm³/mol. The second-order valence-corrected chi connectivity index (χ2v) is 7.34. The highest BCUT2D eigenvalue weighted by Crippen LogP contribution is 2.28. The van der Waals surface area contributed by atoms with Gasteiger partial charge >= 0.3 is 0 Å². The Balaban J connectivity index is 1.59. The first-order chi connectivity index (χ1) is 13.1. The first kappa shape index (κ1) is 18.2. The van der Waals surface area contributed by atoms with E-state index in [1.165, 1.54) is 6.07 Å². The molecule has 27 heavy (non-hydrogen) atoms. The number of likely N-dealkylation sites (tertiary alicyclic amines) is 1. The van der Waals surface area contributed by atoms with Crippen LogP contribution in [0.2, 0.25) is 0 Å². The van der Waals surface area contributed by atoms with E-state index >= 15 is 0 Å². The van der Waals surface area contributed by atoms with E-state index in [-0.39, 0.29) is 23.9 Å². The summed E-state index contributed by atoms with van der Waals surface area (Å²) in [4.78, 5) is 15.1. The molecule has 0 bridgehead atoms. The molecule has 3 heterocycles. The molecule has 1 amide bonds. The monoisotopic (exact) mass is 372 g/mol. The number of carbonyl (C=O) groups is 1. The first-order valence-electron chi connectivity index (χ1n) is 9.52. The minimum absolute atomic E-state index is 0.00612. The van der Waals surface area contributed by atoms with Crippen LogP contribution in [0.5, 0.6) is 0 Å². The number of halogens is 1. The van der Waals surface area contributed by atoms with E-state index in [2.05, 4.69) is 0 Å². The molecule has 0 N–H and O–H groups in total. The molecule has 1 aromatic heterocycles. The van der Waals surface area contributed by atoms with Crippen molar-refractivity contribution in [1.82, 2.24) is 9.47 Å². The van der Waals surface area contributed by atoms with E-state index in [1.807, 2.05) is 29.4 Å².